The molecule has 0 aliphatic carbocycles. The summed E-state index contributed by atoms with van der Waals surface area (Å²) in [5.41, 5.74) is 2.77. The molecule has 0 bridgehead atoms. The Labute approximate surface area is 171 Å². The van der Waals surface area contributed by atoms with Crippen LogP contribution < -0.4 is 20.1 Å². The van der Waals surface area contributed by atoms with Gasteiger partial charge in [-0.25, -0.2) is 9.67 Å². The van der Waals surface area contributed by atoms with Crippen LogP contribution in [0, 0.1) is 0 Å². The number of ether oxygens (including phenoxy) is 2. The first-order valence-corrected chi connectivity index (χ1v) is 9.69. The number of guanidine groups is 1. The second-order valence-corrected chi connectivity index (χ2v) is 6.21. The molecule has 7 nitrogen and oxygen atoms in total. The Balaban J connectivity index is 1.71. The number of rotatable bonds is 8. The van der Waals surface area contributed by atoms with Crippen molar-refractivity contribution >= 4 is 11.6 Å². The van der Waals surface area contributed by atoms with Crippen molar-refractivity contribution in [3.05, 3.63) is 66.5 Å². The summed E-state index contributed by atoms with van der Waals surface area (Å²) in [6.07, 6.45) is 1.94. The highest BCUT2D eigenvalue weighted by molar-refractivity contribution is 5.93. The molecule has 7 heteroatoms. The zero-order valence-electron chi connectivity index (χ0n) is 17.1. The predicted molar refractivity (Wildman–Crippen MR) is 116 cm³/mol. The maximum atomic E-state index is 5.57. The molecule has 1 aromatic heterocycles. The molecule has 0 radical (unpaired) electrons. The molecule has 0 aliphatic rings. The summed E-state index contributed by atoms with van der Waals surface area (Å²) in [7, 11) is 1.63. The minimum absolute atomic E-state index is 0.462. The molecule has 3 aromatic rings. The summed E-state index contributed by atoms with van der Waals surface area (Å²) in [6, 6.07) is 17.7. The van der Waals surface area contributed by atoms with E-state index in [0.717, 1.165) is 23.6 Å². The third-order valence-corrected chi connectivity index (χ3v) is 4.13. The van der Waals surface area contributed by atoms with Crippen molar-refractivity contribution in [3.63, 3.8) is 0 Å². The molecule has 0 aliphatic heterocycles. The number of aromatic nitrogens is 2. The summed E-state index contributed by atoms with van der Waals surface area (Å²) in [5.74, 6) is 2.07. The fraction of sp³-hybridized carbons (Fsp3) is 0.273. The number of aliphatic imine (C=N–C) groups is 1. The number of hydrogen-bond donors (Lipinski definition) is 2. The van der Waals surface area contributed by atoms with Gasteiger partial charge in [0.25, 0.3) is 0 Å². The van der Waals surface area contributed by atoms with Gasteiger partial charge >= 0.3 is 0 Å². The molecular formula is C22H27N5O2. The van der Waals surface area contributed by atoms with Crippen molar-refractivity contribution in [2.75, 3.05) is 25.6 Å². The van der Waals surface area contributed by atoms with Crippen LogP contribution in [0.1, 0.15) is 19.5 Å². The van der Waals surface area contributed by atoms with Gasteiger partial charge in [-0.1, -0.05) is 18.2 Å². The molecule has 2 N–H and O–H groups in total. The Morgan fingerprint density at radius 3 is 2.62 bits per heavy atom. The Hall–Kier alpha value is -3.48. The van der Waals surface area contributed by atoms with E-state index < -0.39 is 0 Å². The molecule has 0 saturated carbocycles. The maximum absolute atomic E-state index is 5.57. The van der Waals surface area contributed by atoms with Gasteiger partial charge in [0.15, 0.2) is 17.5 Å². The summed E-state index contributed by atoms with van der Waals surface area (Å²) < 4.78 is 12.8. The van der Waals surface area contributed by atoms with Crippen LogP contribution >= 0.6 is 0 Å². The van der Waals surface area contributed by atoms with Gasteiger partial charge in [-0.2, -0.15) is 5.10 Å². The van der Waals surface area contributed by atoms with Gasteiger partial charge in [0.1, 0.15) is 0 Å². The quantitative estimate of drug-likeness (QED) is 0.449. The highest BCUT2D eigenvalue weighted by Gasteiger charge is 2.07. The van der Waals surface area contributed by atoms with Crippen molar-refractivity contribution in [2.24, 2.45) is 4.99 Å². The first-order chi connectivity index (χ1) is 14.2. The molecule has 0 atom stereocenters. The lowest BCUT2D eigenvalue weighted by atomic mass is 10.2. The highest BCUT2D eigenvalue weighted by atomic mass is 16.5. The molecule has 2 aromatic carbocycles. The Morgan fingerprint density at radius 2 is 1.90 bits per heavy atom. The van der Waals surface area contributed by atoms with Crippen LogP contribution in [-0.4, -0.2) is 36.0 Å². The summed E-state index contributed by atoms with van der Waals surface area (Å²) in [5, 5.41) is 11.1. The van der Waals surface area contributed by atoms with Crippen molar-refractivity contribution < 1.29 is 9.47 Å². The number of anilines is 1. The van der Waals surface area contributed by atoms with Crippen LogP contribution in [0.4, 0.5) is 5.69 Å². The molecule has 29 heavy (non-hydrogen) atoms. The number of nitrogens with one attached hydrogen (secondary N) is 2. The van der Waals surface area contributed by atoms with Gasteiger partial charge in [0.05, 0.1) is 31.6 Å². The Kier molecular flexibility index (Phi) is 7.10. The van der Waals surface area contributed by atoms with Gasteiger partial charge in [0, 0.05) is 24.5 Å². The summed E-state index contributed by atoms with van der Waals surface area (Å²) in [6.45, 7) is 5.77. The van der Waals surface area contributed by atoms with E-state index in [0.29, 0.717) is 30.6 Å². The van der Waals surface area contributed by atoms with Crippen LogP contribution in [0.5, 0.6) is 11.5 Å². The maximum Gasteiger partial charge on any atom is 0.196 e. The van der Waals surface area contributed by atoms with Crippen molar-refractivity contribution in [3.8, 4) is 17.2 Å². The summed E-state index contributed by atoms with van der Waals surface area (Å²) >= 11 is 0. The van der Waals surface area contributed by atoms with Gasteiger partial charge in [-0.05, 0) is 44.2 Å². The first-order valence-electron chi connectivity index (χ1n) is 9.69. The third-order valence-electron chi connectivity index (χ3n) is 4.13. The molecular weight excluding hydrogens is 366 g/mol. The van der Waals surface area contributed by atoms with E-state index in [1.54, 1.807) is 7.11 Å². The summed E-state index contributed by atoms with van der Waals surface area (Å²) in [4.78, 5) is 4.65. The smallest absolute Gasteiger partial charge is 0.196 e. The number of hydrogen-bond acceptors (Lipinski definition) is 4. The zero-order chi connectivity index (χ0) is 20.5. The fourth-order valence-corrected chi connectivity index (χ4v) is 2.79. The average molecular weight is 393 g/mol. The van der Waals surface area contributed by atoms with E-state index in [-0.39, 0.29) is 0 Å². The second-order valence-electron chi connectivity index (χ2n) is 6.21. The van der Waals surface area contributed by atoms with Crippen molar-refractivity contribution in [1.82, 2.24) is 15.1 Å². The number of methoxy groups -OCH3 is 1. The molecule has 0 saturated heterocycles. The fourth-order valence-electron chi connectivity index (χ4n) is 2.79. The van der Waals surface area contributed by atoms with Crippen LogP contribution in [0.15, 0.2) is 65.8 Å². The molecule has 1 heterocycles. The van der Waals surface area contributed by atoms with E-state index in [2.05, 4.69) is 20.7 Å². The predicted octanol–water partition coefficient (Wildman–Crippen LogP) is 3.86. The lowest BCUT2D eigenvalue weighted by Crippen LogP contribution is -2.30. The van der Waals surface area contributed by atoms with Crippen molar-refractivity contribution in [2.45, 2.75) is 20.4 Å². The topological polar surface area (TPSA) is 72.7 Å². The molecule has 152 valence electrons. The molecule has 0 spiro atoms. The Bertz CT molecular complexity index is 937. The number of para-hydroxylation sites is 1. The van der Waals surface area contributed by atoms with Gasteiger partial charge in [-0.3, -0.25) is 0 Å². The Morgan fingerprint density at radius 1 is 1.07 bits per heavy atom. The molecule has 3 rings (SSSR count). The zero-order valence-corrected chi connectivity index (χ0v) is 17.1. The highest BCUT2D eigenvalue weighted by Crippen LogP contribution is 2.30. The molecule has 0 fully saturated rings. The minimum atomic E-state index is 0.462. The normalized spacial score (nSPS) is 11.2. The van der Waals surface area contributed by atoms with Crippen LogP contribution in [0.25, 0.3) is 5.69 Å². The third kappa shape index (κ3) is 5.51. The van der Waals surface area contributed by atoms with Crippen molar-refractivity contribution in [1.29, 1.82) is 0 Å². The van der Waals surface area contributed by atoms with E-state index >= 15 is 0 Å². The largest absolute Gasteiger partial charge is 0.493 e. The molecule has 0 unspecified atom stereocenters. The average Bonchev–Trinajstić information content (AvgIpc) is 3.23. The van der Waals surface area contributed by atoms with E-state index in [9.17, 15) is 0 Å². The first kappa shape index (κ1) is 20.3. The standard InChI is InChI=1S/C22H27N5O2/c1-4-23-22(25-17-11-12-20(29-5-2)21(15-17)28-3)24-16-18-13-14-27(26-18)19-9-7-6-8-10-19/h6-15H,4-5,16H2,1-3H3,(H2,23,24,25). The van der Waals surface area contributed by atoms with Gasteiger partial charge < -0.3 is 20.1 Å². The number of benzene rings is 2. The van der Waals surface area contributed by atoms with Gasteiger partial charge in [0.2, 0.25) is 0 Å². The SMILES string of the molecule is CCNC(=NCc1ccn(-c2ccccc2)n1)Nc1ccc(OCC)c(OC)c1. The minimum Gasteiger partial charge on any atom is -0.493 e. The van der Waals surface area contributed by atoms with E-state index in [1.165, 1.54) is 0 Å². The monoisotopic (exact) mass is 393 g/mol. The van der Waals surface area contributed by atoms with E-state index in [4.69, 9.17) is 9.47 Å². The second kappa shape index (κ2) is 10.2. The lowest BCUT2D eigenvalue weighted by Gasteiger charge is -2.14. The van der Waals surface area contributed by atoms with Crippen LogP contribution in [-0.2, 0) is 6.54 Å². The van der Waals surface area contributed by atoms with Gasteiger partial charge in [-0.15, -0.1) is 0 Å². The lowest BCUT2D eigenvalue weighted by molar-refractivity contribution is 0.311. The number of nitrogens with zero attached hydrogens (tertiary/aromatic N) is 3. The molecule has 0 amide bonds. The van der Waals surface area contributed by atoms with E-state index in [1.807, 2.05) is 79.3 Å². The van der Waals surface area contributed by atoms with Crippen LogP contribution in [0.2, 0.25) is 0 Å². The van der Waals surface area contributed by atoms with Crippen LogP contribution in [0.3, 0.4) is 0 Å².